The molecule has 6 nitrogen and oxygen atoms in total. The van der Waals surface area contributed by atoms with Gasteiger partial charge in [-0.25, -0.2) is 0 Å². The number of likely N-dealkylation sites (tertiary alicyclic amines) is 1. The van der Waals surface area contributed by atoms with E-state index < -0.39 is 11.7 Å². The normalized spacial score (nSPS) is 19.9. The van der Waals surface area contributed by atoms with Gasteiger partial charge in [-0.05, 0) is 26.2 Å². The molecule has 0 saturated carbocycles. The van der Waals surface area contributed by atoms with Crippen molar-refractivity contribution in [2.75, 3.05) is 26.2 Å². The third-order valence-electron chi connectivity index (χ3n) is 4.94. The number of nitrogens with zero attached hydrogens (tertiary/aromatic N) is 2. The number of benzene rings is 1. The summed E-state index contributed by atoms with van der Waals surface area (Å²) in [5.74, 6) is -0.625. The molecule has 0 aromatic heterocycles. The molecule has 1 N–H and O–H groups in total. The second-order valence-corrected chi connectivity index (χ2v) is 7.48. The number of carbonyl (C=O) groups is 3. The number of rotatable bonds is 8. The second kappa shape index (κ2) is 9.65. The van der Waals surface area contributed by atoms with Crippen LogP contribution in [-0.4, -0.2) is 65.7 Å². The number of amides is 2. The van der Waals surface area contributed by atoms with Gasteiger partial charge >= 0.3 is 0 Å². The average molecular weight is 373 g/mol. The van der Waals surface area contributed by atoms with Gasteiger partial charge in [-0.3, -0.25) is 19.3 Å². The lowest BCUT2D eigenvalue weighted by molar-refractivity contribution is -0.135. The van der Waals surface area contributed by atoms with E-state index in [0.717, 1.165) is 6.54 Å². The van der Waals surface area contributed by atoms with Crippen LogP contribution in [0, 0.1) is 5.92 Å². The van der Waals surface area contributed by atoms with Crippen LogP contribution >= 0.6 is 0 Å². The molecule has 0 radical (unpaired) electrons. The van der Waals surface area contributed by atoms with Crippen LogP contribution in [0.3, 0.4) is 0 Å². The zero-order valence-electron chi connectivity index (χ0n) is 16.8. The molecule has 0 unspecified atom stereocenters. The highest BCUT2D eigenvalue weighted by Gasteiger charge is 2.39. The molecule has 1 aliphatic heterocycles. The van der Waals surface area contributed by atoms with Crippen molar-refractivity contribution in [1.82, 2.24) is 15.1 Å². The molecule has 1 aromatic rings. The predicted molar refractivity (Wildman–Crippen MR) is 105 cm³/mol. The van der Waals surface area contributed by atoms with Crippen molar-refractivity contribution in [2.45, 2.75) is 46.2 Å². The largest absolute Gasteiger partial charge is 0.345 e. The van der Waals surface area contributed by atoms with Crippen molar-refractivity contribution in [3.63, 3.8) is 0 Å². The standard InChI is InChI=1S/C21H31N3O3/c1-5-23(6-2)21(27)18-12-17(14-24(18)13-15(3)4)22-20(26)19(25)16-10-8-7-9-11-16/h7-11,15,17-18H,5-6,12-14H2,1-4H3,(H,22,26)/t17-,18+/m1/s1. The summed E-state index contributed by atoms with van der Waals surface area (Å²) >= 11 is 0. The minimum absolute atomic E-state index is 0.104. The zero-order chi connectivity index (χ0) is 20.0. The highest BCUT2D eigenvalue weighted by molar-refractivity contribution is 6.42. The lowest BCUT2D eigenvalue weighted by Gasteiger charge is -2.29. The number of hydrogen-bond donors (Lipinski definition) is 1. The molecular formula is C21H31N3O3. The topological polar surface area (TPSA) is 69.7 Å². The number of Topliss-reactive ketones (excluding diaryl/α,β-unsaturated/α-hetero) is 1. The van der Waals surface area contributed by atoms with Gasteiger partial charge in [0.15, 0.2) is 0 Å². The first-order valence-electron chi connectivity index (χ1n) is 9.80. The molecule has 27 heavy (non-hydrogen) atoms. The summed E-state index contributed by atoms with van der Waals surface area (Å²) in [7, 11) is 0. The maximum atomic E-state index is 12.9. The van der Waals surface area contributed by atoms with E-state index in [0.29, 0.717) is 37.5 Å². The van der Waals surface area contributed by atoms with Crippen molar-refractivity contribution in [1.29, 1.82) is 0 Å². The van der Waals surface area contributed by atoms with Gasteiger partial charge in [-0.1, -0.05) is 44.2 Å². The maximum Gasteiger partial charge on any atom is 0.292 e. The Hall–Kier alpha value is -2.21. The lowest BCUT2D eigenvalue weighted by atomic mass is 10.1. The first kappa shape index (κ1) is 21.1. The van der Waals surface area contributed by atoms with E-state index in [1.807, 2.05) is 18.7 Å². The zero-order valence-corrected chi connectivity index (χ0v) is 16.8. The van der Waals surface area contributed by atoms with Crippen molar-refractivity contribution in [3.8, 4) is 0 Å². The SMILES string of the molecule is CCN(CC)C(=O)[C@@H]1C[C@@H](NC(=O)C(=O)c2ccccc2)CN1CC(C)C. The Balaban J connectivity index is 2.06. The van der Waals surface area contributed by atoms with Gasteiger partial charge in [0.1, 0.15) is 0 Å². The van der Waals surface area contributed by atoms with Gasteiger partial charge in [0.2, 0.25) is 11.7 Å². The van der Waals surface area contributed by atoms with Crippen LogP contribution in [-0.2, 0) is 9.59 Å². The minimum Gasteiger partial charge on any atom is -0.345 e. The fourth-order valence-electron chi connectivity index (χ4n) is 3.65. The van der Waals surface area contributed by atoms with Gasteiger partial charge < -0.3 is 10.2 Å². The predicted octanol–water partition coefficient (Wildman–Crippen LogP) is 1.95. The molecule has 2 atom stereocenters. The Bertz CT molecular complexity index is 656. The first-order valence-corrected chi connectivity index (χ1v) is 9.80. The number of nitrogens with one attached hydrogen (secondary N) is 1. The molecule has 1 saturated heterocycles. The molecule has 1 fully saturated rings. The quantitative estimate of drug-likeness (QED) is 0.559. The van der Waals surface area contributed by atoms with E-state index in [2.05, 4.69) is 24.1 Å². The van der Waals surface area contributed by atoms with Crippen molar-refractivity contribution in [2.24, 2.45) is 5.92 Å². The van der Waals surface area contributed by atoms with Crippen molar-refractivity contribution < 1.29 is 14.4 Å². The molecule has 6 heteroatoms. The fraction of sp³-hybridized carbons (Fsp3) is 0.571. The number of ketones is 1. The Kier molecular flexibility index (Phi) is 7.54. The average Bonchev–Trinajstić information content (AvgIpc) is 3.04. The molecular weight excluding hydrogens is 342 g/mol. The summed E-state index contributed by atoms with van der Waals surface area (Å²) in [5, 5.41) is 2.84. The molecule has 2 amide bonds. The smallest absolute Gasteiger partial charge is 0.292 e. The summed E-state index contributed by atoms with van der Waals surface area (Å²) in [6.45, 7) is 10.9. The molecule has 0 bridgehead atoms. The van der Waals surface area contributed by atoms with Crippen LogP contribution < -0.4 is 5.32 Å². The monoisotopic (exact) mass is 373 g/mol. The molecule has 2 rings (SSSR count). The van der Waals surface area contributed by atoms with Crippen LogP contribution in [0.4, 0.5) is 0 Å². The summed E-state index contributed by atoms with van der Waals surface area (Å²) in [6, 6.07) is 8.10. The highest BCUT2D eigenvalue weighted by atomic mass is 16.2. The number of hydrogen-bond acceptors (Lipinski definition) is 4. The minimum atomic E-state index is -0.605. The van der Waals surface area contributed by atoms with E-state index in [-0.39, 0.29) is 18.0 Å². The molecule has 1 aromatic carbocycles. The highest BCUT2D eigenvalue weighted by Crippen LogP contribution is 2.21. The fourth-order valence-corrected chi connectivity index (χ4v) is 3.65. The van der Waals surface area contributed by atoms with E-state index in [9.17, 15) is 14.4 Å². The summed E-state index contributed by atoms with van der Waals surface area (Å²) in [4.78, 5) is 41.5. The summed E-state index contributed by atoms with van der Waals surface area (Å²) in [6.07, 6.45) is 0.538. The van der Waals surface area contributed by atoms with E-state index >= 15 is 0 Å². The lowest BCUT2D eigenvalue weighted by Crippen LogP contribution is -2.46. The summed E-state index contributed by atoms with van der Waals surface area (Å²) < 4.78 is 0. The van der Waals surface area contributed by atoms with Gasteiger partial charge in [-0.15, -0.1) is 0 Å². The third kappa shape index (κ3) is 5.39. The van der Waals surface area contributed by atoms with Crippen LogP contribution in [0.2, 0.25) is 0 Å². The Morgan fingerprint density at radius 2 is 1.78 bits per heavy atom. The van der Waals surface area contributed by atoms with Gasteiger partial charge in [-0.2, -0.15) is 0 Å². The Morgan fingerprint density at radius 1 is 1.15 bits per heavy atom. The van der Waals surface area contributed by atoms with Crippen LogP contribution in [0.5, 0.6) is 0 Å². The summed E-state index contributed by atoms with van der Waals surface area (Å²) in [5.41, 5.74) is 0.378. The molecule has 0 spiro atoms. The van der Waals surface area contributed by atoms with Crippen molar-refractivity contribution in [3.05, 3.63) is 35.9 Å². The molecule has 1 heterocycles. The van der Waals surface area contributed by atoms with E-state index in [1.54, 1.807) is 30.3 Å². The van der Waals surface area contributed by atoms with E-state index in [1.165, 1.54) is 0 Å². The maximum absolute atomic E-state index is 12.9. The molecule has 148 valence electrons. The van der Waals surface area contributed by atoms with Crippen LogP contribution in [0.15, 0.2) is 30.3 Å². The third-order valence-corrected chi connectivity index (χ3v) is 4.94. The number of likely N-dealkylation sites (N-methyl/N-ethyl adjacent to an activating group) is 1. The molecule has 1 aliphatic rings. The first-order chi connectivity index (χ1) is 12.9. The Labute approximate surface area is 161 Å². The van der Waals surface area contributed by atoms with Crippen molar-refractivity contribution >= 4 is 17.6 Å². The van der Waals surface area contributed by atoms with Crippen LogP contribution in [0.25, 0.3) is 0 Å². The van der Waals surface area contributed by atoms with Gasteiger partial charge in [0.25, 0.3) is 5.91 Å². The second-order valence-electron chi connectivity index (χ2n) is 7.48. The molecule has 0 aliphatic carbocycles. The van der Waals surface area contributed by atoms with Crippen LogP contribution in [0.1, 0.15) is 44.5 Å². The number of carbonyl (C=O) groups excluding carboxylic acids is 3. The van der Waals surface area contributed by atoms with Gasteiger partial charge in [0.05, 0.1) is 6.04 Å². The Morgan fingerprint density at radius 3 is 2.33 bits per heavy atom. The van der Waals surface area contributed by atoms with E-state index in [4.69, 9.17) is 0 Å². The van der Waals surface area contributed by atoms with Gasteiger partial charge in [0, 0.05) is 37.8 Å².